The van der Waals surface area contributed by atoms with Crippen LogP contribution in [0.3, 0.4) is 0 Å². The Balaban J connectivity index is 1.45. The molecule has 1 saturated heterocycles. The molecule has 1 aliphatic heterocycles. The Morgan fingerprint density at radius 3 is 1.75 bits per heavy atom. The molecular formula is C25H16I2N2O3. The monoisotopic (exact) mass is 646 g/mol. The molecule has 3 aliphatic carbocycles. The zero-order chi connectivity index (χ0) is 22.1. The number of hydrazone groups is 1. The number of imide groups is 1. The van der Waals surface area contributed by atoms with Crippen LogP contribution in [0.5, 0.6) is 5.75 Å². The highest BCUT2D eigenvalue weighted by molar-refractivity contribution is 14.1. The molecule has 0 unspecified atom stereocenters. The number of benzene rings is 3. The van der Waals surface area contributed by atoms with Crippen LogP contribution >= 0.6 is 45.2 Å². The molecule has 32 heavy (non-hydrogen) atoms. The van der Waals surface area contributed by atoms with E-state index in [1.807, 2.05) is 52.9 Å². The van der Waals surface area contributed by atoms with E-state index in [4.69, 9.17) is 0 Å². The highest BCUT2D eigenvalue weighted by Crippen LogP contribution is 2.60. The van der Waals surface area contributed by atoms with Crippen molar-refractivity contribution in [1.29, 1.82) is 0 Å². The second-order valence-corrected chi connectivity index (χ2v) is 10.7. The quantitative estimate of drug-likeness (QED) is 0.247. The molecule has 0 spiro atoms. The van der Waals surface area contributed by atoms with Crippen LogP contribution in [0, 0.1) is 19.0 Å². The Morgan fingerprint density at radius 1 is 0.812 bits per heavy atom. The number of nitrogens with zero attached hydrogens (tertiary/aromatic N) is 2. The first kappa shape index (κ1) is 20.3. The number of halogens is 2. The molecule has 3 aromatic carbocycles. The lowest BCUT2D eigenvalue weighted by molar-refractivity contribution is -0.139. The second kappa shape index (κ2) is 7.38. The average molecular weight is 646 g/mol. The van der Waals surface area contributed by atoms with E-state index in [1.165, 1.54) is 6.21 Å². The fourth-order valence-electron chi connectivity index (χ4n) is 5.58. The van der Waals surface area contributed by atoms with E-state index >= 15 is 0 Å². The van der Waals surface area contributed by atoms with Crippen molar-refractivity contribution < 1.29 is 14.7 Å². The number of hydrogen-bond donors (Lipinski definition) is 1. The molecule has 158 valence electrons. The van der Waals surface area contributed by atoms with Crippen molar-refractivity contribution in [3.05, 3.63) is 95.6 Å². The normalized spacial score (nSPS) is 25.2. The Morgan fingerprint density at radius 2 is 1.28 bits per heavy atom. The van der Waals surface area contributed by atoms with E-state index in [1.54, 1.807) is 6.07 Å². The van der Waals surface area contributed by atoms with Crippen molar-refractivity contribution >= 4 is 63.2 Å². The molecule has 1 heterocycles. The molecule has 1 N–H and O–H groups in total. The summed E-state index contributed by atoms with van der Waals surface area (Å²) in [7, 11) is 0. The number of phenolic OH excluding ortho intramolecular Hbond substituents is 1. The van der Waals surface area contributed by atoms with Gasteiger partial charge in [0.15, 0.2) is 0 Å². The van der Waals surface area contributed by atoms with Gasteiger partial charge in [0, 0.05) is 21.0 Å². The fraction of sp³-hybridized carbons (Fsp3) is 0.160. The van der Waals surface area contributed by atoms with E-state index in [0.717, 1.165) is 30.8 Å². The van der Waals surface area contributed by atoms with Gasteiger partial charge in [-0.15, -0.1) is 0 Å². The maximum Gasteiger partial charge on any atom is 0.254 e. The van der Waals surface area contributed by atoms with Crippen LogP contribution < -0.4 is 0 Å². The van der Waals surface area contributed by atoms with Crippen molar-refractivity contribution in [2.75, 3.05) is 0 Å². The van der Waals surface area contributed by atoms with Crippen LogP contribution in [0.25, 0.3) is 0 Å². The average Bonchev–Trinajstić information content (AvgIpc) is 3.05. The summed E-state index contributed by atoms with van der Waals surface area (Å²) >= 11 is 4.21. The van der Waals surface area contributed by atoms with Crippen molar-refractivity contribution in [3.8, 4) is 5.75 Å². The summed E-state index contributed by atoms with van der Waals surface area (Å²) in [6, 6.07) is 19.9. The lowest BCUT2D eigenvalue weighted by atomic mass is 9.55. The van der Waals surface area contributed by atoms with E-state index in [9.17, 15) is 14.7 Å². The SMILES string of the molecule is O=C1[C@@H]2C3c4ccccc4C(c4ccccc43)[C@@H]2C(=O)N1/N=C\c1cc(I)cc(I)c1O. The van der Waals surface area contributed by atoms with Gasteiger partial charge in [0.1, 0.15) is 5.75 Å². The van der Waals surface area contributed by atoms with Crippen molar-refractivity contribution in [1.82, 2.24) is 5.01 Å². The van der Waals surface area contributed by atoms with Gasteiger partial charge in [0.25, 0.3) is 11.8 Å². The summed E-state index contributed by atoms with van der Waals surface area (Å²) in [4.78, 5) is 27.1. The molecule has 0 saturated carbocycles. The van der Waals surface area contributed by atoms with Gasteiger partial charge >= 0.3 is 0 Å². The minimum atomic E-state index is -0.459. The lowest BCUT2D eigenvalue weighted by Crippen LogP contribution is -2.41. The van der Waals surface area contributed by atoms with E-state index in [-0.39, 0.29) is 29.4 Å². The van der Waals surface area contributed by atoms with Gasteiger partial charge in [-0.2, -0.15) is 10.1 Å². The molecule has 2 amide bonds. The molecule has 2 atom stereocenters. The predicted molar refractivity (Wildman–Crippen MR) is 137 cm³/mol. The van der Waals surface area contributed by atoms with Crippen LogP contribution in [0.1, 0.15) is 39.7 Å². The van der Waals surface area contributed by atoms with Gasteiger partial charge in [-0.25, -0.2) is 0 Å². The van der Waals surface area contributed by atoms with Crippen molar-refractivity contribution in [2.24, 2.45) is 16.9 Å². The molecule has 7 rings (SSSR count). The van der Waals surface area contributed by atoms with Crippen molar-refractivity contribution in [3.63, 3.8) is 0 Å². The summed E-state index contributed by atoms with van der Waals surface area (Å²) in [6.45, 7) is 0. The Kier molecular flexibility index (Phi) is 4.69. The zero-order valence-corrected chi connectivity index (χ0v) is 20.9. The Labute approximate surface area is 211 Å². The van der Waals surface area contributed by atoms with Crippen LogP contribution in [-0.4, -0.2) is 28.1 Å². The van der Waals surface area contributed by atoms with E-state index in [0.29, 0.717) is 9.13 Å². The summed E-state index contributed by atoms with van der Waals surface area (Å²) < 4.78 is 1.62. The second-order valence-electron chi connectivity index (χ2n) is 8.32. The van der Waals surface area contributed by atoms with Gasteiger partial charge in [-0.05, 0) is 79.6 Å². The minimum Gasteiger partial charge on any atom is -0.506 e. The molecule has 0 aromatic heterocycles. The number of aromatic hydroxyl groups is 1. The molecule has 3 aromatic rings. The third kappa shape index (κ3) is 2.76. The van der Waals surface area contributed by atoms with Gasteiger partial charge in [-0.3, -0.25) is 9.59 Å². The van der Waals surface area contributed by atoms with E-state index in [2.05, 4.69) is 52.0 Å². The molecule has 2 bridgehead atoms. The third-order valence-corrected chi connectivity index (χ3v) is 8.24. The maximum absolute atomic E-state index is 13.5. The molecular weight excluding hydrogens is 630 g/mol. The molecule has 5 nitrogen and oxygen atoms in total. The number of rotatable bonds is 2. The van der Waals surface area contributed by atoms with Gasteiger partial charge in [0.05, 0.1) is 21.6 Å². The molecule has 7 heteroatoms. The highest BCUT2D eigenvalue weighted by Gasteiger charge is 2.61. The number of carbonyl (C=O) groups is 2. The number of phenols is 1. The van der Waals surface area contributed by atoms with Gasteiger partial charge < -0.3 is 5.11 Å². The number of hydrogen-bond acceptors (Lipinski definition) is 4. The lowest BCUT2D eigenvalue weighted by Gasteiger charge is -2.45. The van der Waals surface area contributed by atoms with Crippen LogP contribution in [0.2, 0.25) is 0 Å². The van der Waals surface area contributed by atoms with E-state index < -0.39 is 11.8 Å². The minimum absolute atomic E-state index is 0.0890. The van der Waals surface area contributed by atoms with Crippen LogP contribution in [0.4, 0.5) is 0 Å². The summed E-state index contributed by atoms with van der Waals surface area (Å²) in [6.07, 6.45) is 1.41. The molecule has 1 fully saturated rings. The maximum atomic E-state index is 13.5. The molecule has 0 radical (unpaired) electrons. The summed E-state index contributed by atoms with van der Waals surface area (Å²) in [5.41, 5.74) is 5.01. The fourth-order valence-corrected chi connectivity index (χ4v) is 7.47. The van der Waals surface area contributed by atoms with Gasteiger partial charge in [-0.1, -0.05) is 48.5 Å². The summed E-state index contributed by atoms with van der Waals surface area (Å²) in [5, 5.41) is 15.7. The third-order valence-electron chi connectivity index (χ3n) is 6.80. The Bertz CT molecular complexity index is 1240. The Hall–Kier alpha value is -2.27. The largest absolute Gasteiger partial charge is 0.506 e. The zero-order valence-electron chi connectivity index (χ0n) is 16.6. The van der Waals surface area contributed by atoms with Crippen LogP contribution in [0.15, 0.2) is 65.8 Å². The van der Waals surface area contributed by atoms with Crippen LogP contribution in [-0.2, 0) is 9.59 Å². The molecule has 4 aliphatic rings. The van der Waals surface area contributed by atoms with Gasteiger partial charge in [0.2, 0.25) is 0 Å². The standard InChI is InChI=1S/C25H16I2N2O3/c26-13-9-12(23(30)18(27)10-13)11-28-29-24(31)21-19-14-5-1-2-6-15(14)20(22(21)25(29)32)17-8-4-3-7-16(17)19/h1-11,19-22,30H/b28-11-/t19?,20?,21-,22+. The predicted octanol–water partition coefficient (Wildman–Crippen LogP) is 4.83. The first-order chi connectivity index (χ1) is 15.5. The first-order valence-corrected chi connectivity index (χ1v) is 12.4. The van der Waals surface area contributed by atoms with Crippen molar-refractivity contribution in [2.45, 2.75) is 11.8 Å². The topological polar surface area (TPSA) is 70.0 Å². The number of amides is 2. The summed E-state index contributed by atoms with van der Waals surface area (Å²) in [5.74, 6) is -1.67. The number of carbonyl (C=O) groups excluding carboxylic acids is 2. The highest BCUT2D eigenvalue weighted by atomic mass is 127. The first-order valence-electron chi connectivity index (χ1n) is 10.2. The smallest absolute Gasteiger partial charge is 0.254 e.